The minimum Gasteiger partial charge on any atom is -0.379 e. The van der Waals surface area contributed by atoms with Gasteiger partial charge in [0.25, 0.3) is 0 Å². The Kier molecular flexibility index (Phi) is 7.03. The van der Waals surface area contributed by atoms with Crippen molar-refractivity contribution in [2.75, 3.05) is 40.0 Å². The van der Waals surface area contributed by atoms with Gasteiger partial charge in [-0.25, -0.2) is 4.98 Å². The highest BCUT2D eigenvalue weighted by atomic mass is 16.5. The van der Waals surface area contributed by atoms with Crippen molar-refractivity contribution < 1.29 is 9.47 Å². The van der Waals surface area contributed by atoms with E-state index in [0.29, 0.717) is 0 Å². The fourth-order valence-corrected chi connectivity index (χ4v) is 2.12. The van der Waals surface area contributed by atoms with E-state index in [1.165, 1.54) is 0 Å². The Morgan fingerprint density at radius 1 is 1.48 bits per heavy atom. The SMILES string of the molecule is CN=C(NCCCOC1CCOC1)NCCn1ccnc1. The molecule has 1 aromatic heterocycles. The van der Waals surface area contributed by atoms with Crippen molar-refractivity contribution in [3.8, 4) is 0 Å². The van der Waals surface area contributed by atoms with Crippen LogP contribution in [0.5, 0.6) is 0 Å². The van der Waals surface area contributed by atoms with Crippen LogP contribution in [0.15, 0.2) is 23.7 Å². The second-order valence-electron chi connectivity index (χ2n) is 4.94. The summed E-state index contributed by atoms with van der Waals surface area (Å²) in [6.07, 6.45) is 7.80. The predicted octanol–water partition coefficient (Wildman–Crippen LogP) is 0.244. The van der Waals surface area contributed by atoms with Gasteiger partial charge in [0, 0.05) is 52.3 Å². The lowest BCUT2D eigenvalue weighted by Crippen LogP contribution is -2.39. The summed E-state index contributed by atoms with van der Waals surface area (Å²) >= 11 is 0. The molecule has 0 bridgehead atoms. The van der Waals surface area contributed by atoms with Gasteiger partial charge in [-0.2, -0.15) is 0 Å². The fraction of sp³-hybridized carbons (Fsp3) is 0.714. The molecule has 118 valence electrons. The molecule has 0 aromatic carbocycles. The lowest BCUT2D eigenvalue weighted by Gasteiger charge is -2.13. The van der Waals surface area contributed by atoms with Crippen LogP contribution in [0, 0.1) is 0 Å². The molecule has 2 heterocycles. The maximum absolute atomic E-state index is 5.71. The monoisotopic (exact) mass is 295 g/mol. The Morgan fingerprint density at radius 2 is 2.38 bits per heavy atom. The zero-order chi connectivity index (χ0) is 14.8. The van der Waals surface area contributed by atoms with Gasteiger partial charge in [0.1, 0.15) is 0 Å². The Labute approximate surface area is 125 Å². The summed E-state index contributed by atoms with van der Waals surface area (Å²) in [6, 6.07) is 0. The largest absolute Gasteiger partial charge is 0.379 e. The number of nitrogens with one attached hydrogen (secondary N) is 2. The lowest BCUT2D eigenvalue weighted by molar-refractivity contribution is 0.0420. The molecule has 0 saturated carbocycles. The Balaban J connectivity index is 1.49. The molecule has 1 saturated heterocycles. The summed E-state index contributed by atoms with van der Waals surface area (Å²) in [5, 5.41) is 6.55. The first kappa shape index (κ1) is 15.8. The molecule has 1 fully saturated rings. The van der Waals surface area contributed by atoms with E-state index in [9.17, 15) is 0 Å². The molecule has 1 aromatic rings. The van der Waals surface area contributed by atoms with Crippen molar-refractivity contribution in [1.29, 1.82) is 0 Å². The number of aromatic nitrogens is 2. The van der Waals surface area contributed by atoms with Crippen LogP contribution in [0.25, 0.3) is 0 Å². The fourth-order valence-electron chi connectivity index (χ4n) is 2.12. The van der Waals surface area contributed by atoms with Gasteiger partial charge >= 0.3 is 0 Å². The highest BCUT2D eigenvalue weighted by Gasteiger charge is 2.15. The summed E-state index contributed by atoms with van der Waals surface area (Å²) in [5.41, 5.74) is 0. The Morgan fingerprint density at radius 3 is 3.10 bits per heavy atom. The van der Waals surface area contributed by atoms with Gasteiger partial charge in [0.05, 0.1) is 19.0 Å². The number of hydrogen-bond donors (Lipinski definition) is 2. The van der Waals surface area contributed by atoms with Gasteiger partial charge in [0.2, 0.25) is 0 Å². The minimum absolute atomic E-state index is 0.289. The molecule has 1 aliphatic heterocycles. The summed E-state index contributed by atoms with van der Waals surface area (Å²) in [7, 11) is 1.78. The molecule has 7 heteroatoms. The van der Waals surface area contributed by atoms with Crippen LogP contribution < -0.4 is 10.6 Å². The van der Waals surface area contributed by atoms with Gasteiger partial charge < -0.3 is 24.7 Å². The van der Waals surface area contributed by atoms with E-state index in [-0.39, 0.29) is 6.10 Å². The molecule has 1 aliphatic rings. The van der Waals surface area contributed by atoms with Crippen LogP contribution in [0.2, 0.25) is 0 Å². The van der Waals surface area contributed by atoms with Crippen molar-refractivity contribution in [3.05, 3.63) is 18.7 Å². The third kappa shape index (κ3) is 6.14. The zero-order valence-corrected chi connectivity index (χ0v) is 12.6. The average molecular weight is 295 g/mol. The normalized spacial score (nSPS) is 18.9. The van der Waals surface area contributed by atoms with Crippen LogP contribution >= 0.6 is 0 Å². The molecule has 0 amide bonds. The van der Waals surface area contributed by atoms with Crippen molar-refractivity contribution in [2.45, 2.75) is 25.5 Å². The topological polar surface area (TPSA) is 72.7 Å². The number of imidazole rings is 1. The van der Waals surface area contributed by atoms with Crippen LogP contribution in [-0.4, -0.2) is 61.6 Å². The van der Waals surface area contributed by atoms with E-state index in [1.807, 2.05) is 17.1 Å². The van der Waals surface area contributed by atoms with E-state index in [4.69, 9.17) is 9.47 Å². The van der Waals surface area contributed by atoms with E-state index in [0.717, 1.165) is 58.3 Å². The smallest absolute Gasteiger partial charge is 0.191 e. The molecule has 2 N–H and O–H groups in total. The number of guanidine groups is 1. The number of aliphatic imine (C=N–C) groups is 1. The summed E-state index contributed by atoms with van der Waals surface area (Å²) < 4.78 is 13.0. The Hall–Kier alpha value is -1.60. The molecule has 1 atom stereocenters. The number of rotatable bonds is 8. The quantitative estimate of drug-likeness (QED) is 0.408. The van der Waals surface area contributed by atoms with E-state index < -0.39 is 0 Å². The van der Waals surface area contributed by atoms with E-state index in [2.05, 4.69) is 20.6 Å². The highest BCUT2D eigenvalue weighted by Crippen LogP contribution is 2.07. The standard InChI is InChI=1S/C14H25N5O2/c1-15-14(18-6-8-19-7-5-16-12-19)17-4-2-9-21-13-3-10-20-11-13/h5,7,12-13H,2-4,6,8-11H2,1H3,(H2,15,17,18). The van der Waals surface area contributed by atoms with Crippen LogP contribution in [0.3, 0.4) is 0 Å². The van der Waals surface area contributed by atoms with Gasteiger partial charge in [-0.15, -0.1) is 0 Å². The first-order valence-electron chi connectivity index (χ1n) is 7.48. The molecular formula is C14H25N5O2. The van der Waals surface area contributed by atoms with Gasteiger partial charge in [0.15, 0.2) is 5.96 Å². The molecule has 1 unspecified atom stereocenters. The van der Waals surface area contributed by atoms with Gasteiger partial charge in [-0.05, 0) is 12.8 Å². The van der Waals surface area contributed by atoms with Crippen molar-refractivity contribution in [2.24, 2.45) is 4.99 Å². The maximum Gasteiger partial charge on any atom is 0.191 e. The molecule has 21 heavy (non-hydrogen) atoms. The second-order valence-corrected chi connectivity index (χ2v) is 4.94. The van der Waals surface area contributed by atoms with Crippen molar-refractivity contribution in [1.82, 2.24) is 20.2 Å². The summed E-state index contributed by atoms with van der Waals surface area (Å²) in [5.74, 6) is 0.819. The summed E-state index contributed by atoms with van der Waals surface area (Å²) in [6.45, 7) is 4.85. The number of nitrogens with zero attached hydrogens (tertiary/aromatic N) is 3. The minimum atomic E-state index is 0.289. The van der Waals surface area contributed by atoms with Crippen LogP contribution in [-0.2, 0) is 16.0 Å². The average Bonchev–Trinajstić information content (AvgIpc) is 3.18. The number of hydrogen-bond acceptors (Lipinski definition) is 4. The molecule has 0 spiro atoms. The van der Waals surface area contributed by atoms with Gasteiger partial charge in [-0.3, -0.25) is 4.99 Å². The molecule has 0 radical (unpaired) electrons. The van der Waals surface area contributed by atoms with Crippen molar-refractivity contribution in [3.63, 3.8) is 0 Å². The highest BCUT2D eigenvalue weighted by molar-refractivity contribution is 5.79. The van der Waals surface area contributed by atoms with Crippen LogP contribution in [0.4, 0.5) is 0 Å². The first-order chi connectivity index (χ1) is 10.4. The number of ether oxygens (including phenoxy) is 2. The molecule has 2 rings (SSSR count). The first-order valence-corrected chi connectivity index (χ1v) is 7.48. The third-order valence-electron chi connectivity index (χ3n) is 3.30. The molecular weight excluding hydrogens is 270 g/mol. The molecule has 0 aliphatic carbocycles. The van der Waals surface area contributed by atoms with E-state index >= 15 is 0 Å². The third-order valence-corrected chi connectivity index (χ3v) is 3.30. The van der Waals surface area contributed by atoms with Gasteiger partial charge in [-0.1, -0.05) is 0 Å². The van der Waals surface area contributed by atoms with Crippen molar-refractivity contribution >= 4 is 5.96 Å². The second kappa shape index (κ2) is 9.36. The van der Waals surface area contributed by atoms with Crippen LogP contribution in [0.1, 0.15) is 12.8 Å². The van der Waals surface area contributed by atoms with E-state index in [1.54, 1.807) is 13.2 Å². The Bertz CT molecular complexity index is 402. The maximum atomic E-state index is 5.71. The molecule has 7 nitrogen and oxygen atoms in total. The zero-order valence-electron chi connectivity index (χ0n) is 12.6. The summed E-state index contributed by atoms with van der Waals surface area (Å²) in [4.78, 5) is 8.20. The lowest BCUT2D eigenvalue weighted by atomic mass is 10.3. The predicted molar refractivity (Wildman–Crippen MR) is 81.4 cm³/mol.